The molecule has 0 bridgehead atoms. The lowest BCUT2D eigenvalue weighted by Crippen LogP contribution is -2.54. The van der Waals surface area contributed by atoms with Crippen molar-refractivity contribution in [3.05, 3.63) is 22.1 Å². The third kappa shape index (κ3) is 3.63. The summed E-state index contributed by atoms with van der Waals surface area (Å²) < 4.78 is 1.46. The molecule has 0 aliphatic carbocycles. The second kappa shape index (κ2) is 7.62. The fourth-order valence-electron chi connectivity index (χ4n) is 4.07. The van der Waals surface area contributed by atoms with Gasteiger partial charge in [-0.15, -0.1) is 5.10 Å². The van der Waals surface area contributed by atoms with Crippen LogP contribution in [0.4, 0.5) is 5.13 Å². The molecule has 0 radical (unpaired) electrons. The van der Waals surface area contributed by atoms with Gasteiger partial charge in [0.05, 0.1) is 0 Å². The normalized spacial score (nSPS) is 23.0. The fraction of sp³-hybridized carbons (Fsp3) is 0.722. The van der Waals surface area contributed by atoms with Crippen molar-refractivity contribution >= 4 is 21.4 Å². The summed E-state index contributed by atoms with van der Waals surface area (Å²) in [7, 11) is 2.22. The van der Waals surface area contributed by atoms with Gasteiger partial charge in [-0.2, -0.15) is 4.52 Å². The minimum atomic E-state index is -0.0650. The number of rotatable bonds is 4. The molecule has 2 saturated heterocycles. The van der Waals surface area contributed by atoms with E-state index in [1.54, 1.807) is 6.07 Å². The zero-order valence-corrected chi connectivity index (χ0v) is 16.5. The maximum atomic E-state index is 12.3. The number of piperazine rings is 1. The Labute approximate surface area is 158 Å². The molecule has 2 fully saturated rings. The van der Waals surface area contributed by atoms with E-state index < -0.39 is 0 Å². The van der Waals surface area contributed by atoms with Crippen LogP contribution in [0.2, 0.25) is 0 Å². The molecule has 1 atom stereocenters. The third-order valence-electron chi connectivity index (χ3n) is 5.49. The first-order valence-corrected chi connectivity index (χ1v) is 10.5. The molecule has 26 heavy (non-hydrogen) atoms. The Morgan fingerprint density at radius 2 is 2.04 bits per heavy atom. The highest BCUT2D eigenvalue weighted by Crippen LogP contribution is 2.24. The maximum absolute atomic E-state index is 12.3. The lowest BCUT2D eigenvalue weighted by atomic mass is 10.0. The van der Waals surface area contributed by atoms with Crippen LogP contribution >= 0.6 is 11.3 Å². The number of fused-ring (bicyclic) bond motifs is 1. The minimum absolute atomic E-state index is 0.0650. The van der Waals surface area contributed by atoms with Crippen molar-refractivity contribution < 1.29 is 0 Å². The van der Waals surface area contributed by atoms with Crippen molar-refractivity contribution in [2.45, 2.75) is 38.6 Å². The van der Waals surface area contributed by atoms with Crippen molar-refractivity contribution in [2.24, 2.45) is 0 Å². The predicted molar refractivity (Wildman–Crippen MR) is 105 cm³/mol. The highest BCUT2D eigenvalue weighted by molar-refractivity contribution is 7.20. The van der Waals surface area contributed by atoms with Gasteiger partial charge < -0.3 is 9.80 Å². The maximum Gasteiger partial charge on any atom is 0.275 e. The molecule has 2 aliphatic rings. The Bertz CT molecular complexity index is 810. The van der Waals surface area contributed by atoms with Gasteiger partial charge in [0.15, 0.2) is 0 Å². The third-order valence-corrected chi connectivity index (χ3v) is 6.46. The second-order valence-electron chi connectivity index (χ2n) is 7.50. The van der Waals surface area contributed by atoms with Crippen LogP contribution in [0.1, 0.15) is 31.9 Å². The average Bonchev–Trinajstić information content (AvgIpc) is 3.07. The summed E-state index contributed by atoms with van der Waals surface area (Å²) in [5.41, 5.74) is 0.809. The van der Waals surface area contributed by atoms with Crippen molar-refractivity contribution in [3.63, 3.8) is 0 Å². The second-order valence-corrected chi connectivity index (χ2v) is 8.43. The van der Waals surface area contributed by atoms with Crippen LogP contribution in [-0.2, 0) is 6.42 Å². The molecule has 0 N–H and O–H groups in total. The summed E-state index contributed by atoms with van der Waals surface area (Å²) in [5, 5.41) is 5.47. The largest absolute Gasteiger partial charge is 0.344 e. The molecule has 8 heteroatoms. The number of aryl methyl sites for hydroxylation is 1. The van der Waals surface area contributed by atoms with Gasteiger partial charge in [0.2, 0.25) is 10.1 Å². The van der Waals surface area contributed by atoms with Crippen LogP contribution in [0.25, 0.3) is 4.96 Å². The van der Waals surface area contributed by atoms with Gasteiger partial charge >= 0.3 is 0 Å². The number of anilines is 1. The van der Waals surface area contributed by atoms with Gasteiger partial charge in [0.25, 0.3) is 5.56 Å². The summed E-state index contributed by atoms with van der Waals surface area (Å²) in [6.45, 7) is 8.58. The summed E-state index contributed by atoms with van der Waals surface area (Å²) >= 11 is 1.54. The lowest BCUT2D eigenvalue weighted by molar-refractivity contribution is 0.106. The molecular formula is C18H28N6OS. The topological polar surface area (TPSA) is 57.0 Å². The molecule has 2 aromatic rings. The Kier molecular flexibility index (Phi) is 5.24. The van der Waals surface area contributed by atoms with Crippen LogP contribution in [0.5, 0.6) is 0 Å². The van der Waals surface area contributed by atoms with Crippen molar-refractivity contribution in [1.82, 2.24) is 24.4 Å². The van der Waals surface area contributed by atoms with E-state index in [4.69, 9.17) is 0 Å². The van der Waals surface area contributed by atoms with E-state index in [0.717, 1.165) is 49.8 Å². The first kappa shape index (κ1) is 17.9. The fourth-order valence-corrected chi connectivity index (χ4v) is 5.05. The Morgan fingerprint density at radius 3 is 2.77 bits per heavy atom. The summed E-state index contributed by atoms with van der Waals surface area (Å²) in [6, 6.07) is 2.31. The van der Waals surface area contributed by atoms with E-state index in [0.29, 0.717) is 11.0 Å². The van der Waals surface area contributed by atoms with E-state index >= 15 is 0 Å². The van der Waals surface area contributed by atoms with Crippen molar-refractivity contribution in [1.29, 1.82) is 0 Å². The van der Waals surface area contributed by atoms with Crippen LogP contribution in [-0.4, -0.2) is 76.8 Å². The lowest BCUT2D eigenvalue weighted by Gasteiger charge is -2.42. The molecule has 142 valence electrons. The summed E-state index contributed by atoms with van der Waals surface area (Å²) in [5.74, 6) is 0. The number of aromatic nitrogens is 3. The van der Waals surface area contributed by atoms with Crippen LogP contribution in [0, 0.1) is 0 Å². The van der Waals surface area contributed by atoms with Crippen molar-refractivity contribution in [2.75, 3.05) is 51.2 Å². The standard InChI is InChI=1S/C18H28N6OS/c1-3-5-14-12-16(25)24-17(19-14)26-18(20-24)23-10-8-22(9-11-23)15-6-4-7-21(2)13-15/h12,15H,3-11,13H2,1-2H3. The number of nitrogens with zero attached hydrogens (tertiary/aromatic N) is 6. The van der Waals surface area contributed by atoms with Crippen LogP contribution < -0.4 is 10.5 Å². The molecule has 2 aromatic heterocycles. The van der Waals surface area contributed by atoms with Gasteiger partial charge in [-0.1, -0.05) is 24.7 Å². The van der Waals surface area contributed by atoms with E-state index in [9.17, 15) is 4.79 Å². The molecule has 1 unspecified atom stereocenters. The molecule has 0 amide bonds. The zero-order valence-electron chi connectivity index (χ0n) is 15.7. The Balaban J connectivity index is 1.45. The highest BCUT2D eigenvalue weighted by Gasteiger charge is 2.28. The van der Waals surface area contributed by atoms with Crippen LogP contribution in [0.15, 0.2) is 10.9 Å². The average molecular weight is 377 g/mol. The van der Waals surface area contributed by atoms with E-state index in [1.165, 1.54) is 41.8 Å². The van der Waals surface area contributed by atoms with Gasteiger partial charge in [-0.05, 0) is 32.9 Å². The molecule has 0 aromatic carbocycles. The zero-order chi connectivity index (χ0) is 18.1. The quantitative estimate of drug-likeness (QED) is 0.802. The molecule has 0 saturated carbocycles. The first-order chi connectivity index (χ1) is 12.6. The summed E-state index contributed by atoms with van der Waals surface area (Å²) in [6.07, 6.45) is 4.44. The van der Waals surface area contributed by atoms with Crippen LogP contribution in [0.3, 0.4) is 0 Å². The van der Waals surface area contributed by atoms with Gasteiger partial charge in [0.1, 0.15) is 0 Å². The van der Waals surface area contributed by atoms with Crippen molar-refractivity contribution in [3.8, 4) is 0 Å². The molecular weight excluding hydrogens is 348 g/mol. The van der Waals surface area contributed by atoms with Gasteiger partial charge in [-0.3, -0.25) is 9.69 Å². The van der Waals surface area contributed by atoms with Gasteiger partial charge in [-0.25, -0.2) is 4.98 Å². The number of likely N-dealkylation sites (N-methyl/N-ethyl adjacent to an activating group) is 1. The number of hydrogen-bond acceptors (Lipinski definition) is 7. The number of hydrogen-bond donors (Lipinski definition) is 0. The van der Waals surface area contributed by atoms with E-state index in [2.05, 4.69) is 38.8 Å². The smallest absolute Gasteiger partial charge is 0.275 e. The Hall–Kier alpha value is -1.51. The molecule has 4 heterocycles. The van der Waals surface area contributed by atoms with E-state index in [-0.39, 0.29) is 5.56 Å². The molecule has 7 nitrogen and oxygen atoms in total. The Morgan fingerprint density at radius 1 is 1.23 bits per heavy atom. The minimum Gasteiger partial charge on any atom is -0.344 e. The molecule has 0 spiro atoms. The summed E-state index contributed by atoms with van der Waals surface area (Å²) in [4.78, 5) is 25.0. The predicted octanol–water partition coefficient (Wildman–Crippen LogP) is 1.32. The SMILES string of the molecule is CCCc1cc(=O)n2nc(N3CCN(C4CCCN(C)C4)CC3)sc2n1. The first-order valence-electron chi connectivity index (χ1n) is 9.71. The molecule has 4 rings (SSSR count). The number of piperidine rings is 1. The number of likely N-dealkylation sites (tertiary alicyclic amines) is 1. The highest BCUT2D eigenvalue weighted by atomic mass is 32.1. The van der Waals surface area contributed by atoms with Gasteiger partial charge in [0, 0.05) is 50.5 Å². The monoisotopic (exact) mass is 376 g/mol. The molecule has 2 aliphatic heterocycles. The van der Waals surface area contributed by atoms with E-state index in [1.807, 2.05) is 0 Å².